The SMILES string of the molecule is CC1(C(=O)NCCN2CCOCC2)Cc2ccccc2C(=O)O1. The summed E-state index contributed by atoms with van der Waals surface area (Å²) in [5.41, 5.74) is 0.261. The summed E-state index contributed by atoms with van der Waals surface area (Å²) in [6, 6.07) is 7.27. The number of hydrogen-bond donors (Lipinski definition) is 1. The van der Waals surface area contributed by atoms with Crippen LogP contribution in [-0.2, 0) is 20.7 Å². The molecule has 124 valence electrons. The molecule has 1 unspecified atom stereocenters. The molecule has 1 aromatic rings. The van der Waals surface area contributed by atoms with Crippen molar-refractivity contribution < 1.29 is 19.1 Å². The van der Waals surface area contributed by atoms with Gasteiger partial charge in [-0.1, -0.05) is 18.2 Å². The molecule has 0 spiro atoms. The fourth-order valence-corrected chi connectivity index (χ4v) is 3.00. The highest BCUT2D eigenvalue weighted by Crippen LogP contribution is 2.28. The molecule has 1 fully saturated rings. The topological polar surface area (TPSA) is 67.9 Å². The van der Waals surface area contributed by atoms with Gasteiger partial charge in [0, 0.05) is 32.6 Å². The molecule has 2 aliphatic heterocycles. The average molecular weight is 318 g/mol. The first-order valence-electron chi connectivity index (χ1n) is 7.98. The first kappa shape index (κ1) is 16.0. The molecule has 0 aromatic heterocycles. The monoisotopic (exact) mass is 318 g/mol. The summed E-state index contributed by atoms with van der Waals surface area (Å²) in [6.07, 6.45) is 0.401. The smallest absolute Gasteiger partial charge is 0.339 e. The third kappa shape index (κ3) is 3.54. The minimum absolute atomic E-state index is 0.242. The van der Waals surface area contributed by atoms with Gasteiger partial charge in [0.25, 0.3) is 5.91 Å². The Morgan fingerprint density at radius 3 is 2.83 bits per heavy atom. The van der Waals surface area contributed by atoms with Gasteiger partial charge in [-0.3, -0.25) is 9.69 Å². The highest BCUT2D eigenvalue weighted by atomic mass is 16.6. The zero-order chi connectivity index (χ0) is 16.3. The summed E-state index contributed by atoms with van der Waals surface area (Å²) in [5.74, 6) is -0.675. The summed E-state index contributed by atoms with van der Waals surface area (Å²) in [4.78, 5) is 26.8. The Labute approximate surface area is 135 Å². The van der Waals surface area contributed by atoms with Crippen LogP contribution in [0.3, 0.4) is 0 Å². The van der Waals surface area contributed by atoms with Crippen molar-refractivity contribution in [1.82, 2.24) is 10.2 Å². The zero-order valence-corrected chi connectivity index (χ0v) is 13.3. The van der Waals surface area contributed by atoms with Crippen molar-refractivity contribution in [3.8, 4) is 0 Å². The number of benzene rings is 1. The molecule has 1 N–H and O–H groups in total. The molecule has 6 nitrogen and oxygen atoms in total. The van der Waals surface area contributed by atoms with E-state index in [1.807, 2.05) is 12.1 Å². The first-order valence-corrected chi connectivity index (χ1v) is 7.98. The van der Waals surface area contributed by atoms with Gasteiger partial charge in [-0.2, -0.15) is 0 Å². The van der Waals surface area contributed by atoms with E-state index in [-0.39, 0.29) is 5.91 Å². The number of cyclic esters (lactones) is 1. The average Bonchev–Trinajstić information content (AvgIpc) is 2.55. The maximum atomic E-state index is 12.5. The lowest BCUT2D eigenvalue weighted by Gasteiger charge is -2.33. The molecular weight excluding hydrogens is 296 g/mol. The molecule has 1 aromatic carbocycles. The second-order valence-electron chi connectivity index (χ2n) is 6.16. The fourth-order valence-electron chi connectivity index (χ4n) is 3.00. The minimum atomic E-state index is -1.14. The van der Waals surface area contributed by atoms with Gasteiger partial charge in [0.15, 0.2) is 5.60 Å². The number of carbonyl (C=O) groups excluding carboxylic acids is 2. The second-order valence-corrected chi connectivity index (χ2v) is 6.16. The minimum Gasteiger partial charge on any atom is -0.445 e. The van der Waals surface area contributed by atoms with Gasteiger partial charge in [0.2, 0.25) is 0 Å². The van der Waals surface area contributed by atoms with Crippen molar-refractivity contribution in [3.05, 3.63) is 35.4 Å². The van der Waals surface area contributed by atoms with Gasteiger partial charge in [-0.25, -0.2) is 4.79 Å². The van der Waals surface area contributed by atoms with Crippen LogP contribution in [0.4, 0.5) is 0 Å². The van der Waals surface area contributed by atoms with Crippen molar-refractivity contribution in [2.24, 2.45) is 0 Å². The molecule has 0 radical (unpaired) electrons. The molecular formula is C17H22N2O4. The molecule has 3 rings (SSSR count). The van der Waals surface area contributed by atoms with Gasteiger partial charge in [-0.05, 0) is 18.6 Å². The molecule has 2 heterocycles. The quantitative estimate of drug-likeness (QED) is 0.824. The van der Waals surface area contributed by atoms with E-state index in [2.05, 4.69) is 10.2 Å². The molecule has 0 aliphatic carbocycles. The van der Waals surface area contributed by atoms with Crippen LogP contribution in [0, 0.1) is 0 Å². The van der Waals surface area contributed by atoms with Crippen molar-refractivity contribution >= 4 is 11.9 Å². The molecule has 23 heavy (non-hydrogen) atoms. The number of nitrogens with one attached hydrogen (secondary N) is 1. The Morgan fingerprint density at radius 2 is 2.04 bits per heavy atom. The first-order chi connectivity index (χ1) is 11.1. The van der Waals surface area contributed by atoms with Crippen LogP contribution < -0.4 is 5.32 Å². The molecule has 1 atom stereocenters. The molecule has 0 bridgehead atoms. The van der Waals surface area contributed by atoms with E-state index in [0.29, 0.717) is 18.5 Å². The number of rotatable bonds is 4. The van der Waals surface area contributed by atoms with Gasteiger partial charge in [0.1, 0.15) is 0 Å². The Balaban J connectivity index is 1.57. The number of esters is 1. The number of nitrogens with zero attached hydrogens (tertiary/aromatic N) is 1. The van der Waals surface area contributed by atoms with Crippen molar-refractivity contribution in [3.63, 3.8) is 0 Å². The fraction of sp³-hybridized carbons (Fsp3) is 0.529. The number of hydrogen-bond acceptors (Lipinski definition) is 5. The lowest BCUT2D eigenvalue weighted by molar-refractivity contribution is -0.139. The molecule has 2 aliphatic rings. The van der Waals surface area contributed by atoms with Crippen LogP contribution in [0.1, 0.15) is 22.8 Å². The van der Waals surface area contributed by atoms with Crippen molar-refractivity contribution in [2.75, 3.05) is 39.4 Å². The zero-order valence-electron chi connectivity index (χ0n) is 13.3. The van der Waals surface area contributed by atoms with Crippen LogP contribution in [0.5, 0.6) is 0 Å². The van der Waals surface area contributed by atoms with Crippen molar-refractivity contribution in [1.29, 1.82) is 0 Å². The maximum Gasteiger partial charge on any atom is 0.339 e. The molecule has 0 saturated carbocycles. The van der Waals surface area contributed by atoms with E-state index in [0.717, 1.165) is 38.4 Å². The largest absolute Gasteiger partial charge is 0.445 e. The third-order valence-electron chi connectivity index (χ3n) is 4.38. The lowest BCUT2D eigenvalue weighted by Crippen LogP contribution is -2.53. The van der Waals surface area contributed by atoms with E-state index in [4.69, 9.17) is 9.47 Å². The Kier molecular flexibility index (Phi) is 4.63. The molecule has 1 saturated heterocycles. The number of amides is 1. The molecule has 6 heteroatoms. The normalized spacial score (nSPS) is 24.7. The second kappa shape index (κ2) is 6.68. The molecule has 1 amide bonds. The summed E-state index contributed by atoms with van der Waals surface area (Å²) >= 11 is 0. The number of fused-ring (bicyclic) bond motifs is 1. The summed E-state index contributed by atoms with van der Waals surface area (Å²) < 4.78 is 10.7. The van der Waals surface area contributed by atoms with Gasteiger partial charge in [-0.15, -0.1) is 0 Å². The Hall–Kier alpha value is -1.92. The Morgan fingerprint density at radius 1 is 1.30 bits per heavy atom. The lowest BCUT2D eigenvalue weighted by atomic mass is 9.89. The number of carbonyl (C=O) groups is 2. The Bertz CT molecular complexity index is 598. The highest BCUT2D eigenvalue weighted by molar-refractivity contribution is 5.97. The number of morpholine rings is 1. The third-order valence-corrected chi connectivity index (χ3v) is 4.38. The van der Waals surface area contributed by atoms with Gasteiger partial charge < -0.3 is 14.8 Å². The van der Waals surface area contributed by atoms with E-state index in [1.165, 1.54) is 0 Å². The predicted octanol–water partition coefficient (Wildman–Crippen LogP) is 0.607. The maximum absolute atomic E-state index is 12.5. The predicted molar refractivity (Wildman–Crippen MR) is 84.2 cm³/mol. The van der Waals surface area contributed by atoms with Crippen LogP contribution in [0.15, 0.2) is 24.3 Å². The van der Waals surface area contributed by atoms with E-state index in [9.17, 15) is 9.59 Å². The van der Waals surface area contributed by atoms with E-state index in [1.54, 1.807) is 19.1 Å². The van der Waals surface area contributed by atoms with Crippen molar-refractivity contribution in [2.45, 2.75) is 18.9 Å². The van der Waals surface area contributed by atoms with Crippen LogP contribution in [-0.4, -0.2) is 61.8 Å². The van der Waals surface area contributed by atoms with Crippen LogP contribution in [0.25, 0.3) is 0 Å². The number of ether oxygens (including phenoxy) is 2. The van der Waals surface area contributed by atoms with Crippen LogP contribution >= 0.6 is 0 Å². The van der Waals surface area contributed by atoms with E-state index < -0.39 is 11.6 Å². The van der Waals surface area contributed by atoms with Crippen LogP contribution in [0.2, 0.25) is 0 Å². The van der Waals surface area contributed by atoms with Gasteiger partial charge >= 0.3 is 5.97 Å². The van der Waals surface area contributed by atoms with Gasteiger partial charge in [0.05, 0.1) is 18.8 Å². The summed E-state index contributed by atoms with van der Waals surface area (Å²) in [5, 5.41) is 2.89. The standard InChI is InChI=1S/C17H22N2O4/c1-17(12-13-4-2-3-5-14(13)15(20)23-17)16(21)18-6-7-19-8-10-22-11-9-19/h2-5H,6-12H2,1H3,(H,18,21). The highest BCUT2D eigenvalue weighted by Gasteiger charge is 2.42. The summed E-state index contributed by atoms with van der Waals surface area (Å²) in [7, 11) is 0. The summed E-state index contributed by atoms with van der Waals surface area (Å²) in [6.45, 7) is 6.22. The van der Waals surface area contributed by atoms with E-state index >= 15 is 0 Å².